The van der Waals surface area contributed by atoms with Crippen molar-refractivity contribution in [2.24, 2.45) is 0 Å². The monoisotopic (exact) mass is 276 g/mol. The first kappa shape index (κ1) is 14.6. The minimum Gasteiger partial charge on any atom is -0.489 e. The van der Waals surface area contributed by atoms with E-state index < -0.39 is 0 Å². The maximum Gasteiger partial charge on any atom is 0.199 e. The molecule has 0 saturated carbocycles. The van der Waals surface area contributed by atoms with Crippen LogP contribution in [0.15, 0.2) is 30.9 Å². The number of Topliss-reactive ketones (excluding diaryl/α,β-unsaturated/α-hetero) is 1. The second-order valence-electron chi connectivity index (χ2n) is 4.73. The lowest BCUT2D eigenvalue weighted by Gasteiger charge is -2.23. The third kappa shape index (κ3) is 3.84. The molecule has 4 heteroatoms. The predicted octanol–water partition coefficient (Wildman–Crippen LogP) is 3.36. The second kappa shape index (κ2) is 7.10. The molecule has 1 aliphatic rings. The standard InChI is InChI=1S/C16H20O4/c1-3-9-18-15-8-7-13(11-14(15)12(2)17)20-16-6-4-5-10-19-16/h3,7-8,11,16H,1,4-6,9-10H2,2H3. The van der Waals surface area contributed by atoms with Crippen molar-refractivity contribution in [2.45, 2.75) is 32.5 Å². The van der Waals surface area contributed by atoms with Crippen molar-refractivity contribution < 1.29 is 19.0 Å². The Balaban J connectivity index is 2.11. The molecule has 108 valence electrons. The number of benzene rings is 1. The summed E-state index contributed by atoms with van der Waals surface area (Å²) in [4.78, 5) is 11.7. The first-order chi connectivity index (χ1) is 9.70. The molecule has 1 fully saturated rings. The van der Waals surface area contributed by atoms with Crippen LogP contribution in [0.4, 0.5) is 0 Å². The molecule has 0 N–H and O–H groups in total. The average Bonchev–Trinajstić information content (AvgIpc) is 2.47. The summed E-state index contributed by atoms with van der Waals surface area (Å²) in [6.45, 7) is 6.20. The van der Waals surface area contributed by atoms with E-state index >= 15 is 0 Å². The van der Waals surface area contributed by atoms with Gasteiger partial charge in [-0.3, -0.25) is 4.79 Å². The van der Waals surface area contributed by atoms with Gasteiger partial charge in [-0.05, 0) is 38.0 Å². The first-order valence-corrected chi connectivity index (χ1v) is 6.87. The van der Waals surface area contributed by atoms with Gasteiger partial charge in [0, 0.05) is 6.42 Å². The van der Waals surface area contributed by atoms with E-state index in [0.29, 0.717) is 23.7 Å². The molecule has 1 saturated heterocycles. The van der Waals surface area contributed by atoms with Crippen LogP contribution in [-0.2, 0) is 4.74 Å². The fourth-order valence-electron chi connectivity index (χ4n) is 2.09. The maximum absolute atomic E-state index is 11.7. The molecule has 0 bridgehead atoms. The third-order valence-corrected chi connectivity index (χ3v) is 3.09. The fourth-order valence-corrected chi connectivity index (χ4v) is 2.09. The molecule has 1 aromatic rings. The molecule has 1 atom stereocenters. The minimum atomic E-state index is -0.219. The third-order valence-electron chi connectivity index (χ3n) is 3.09. The quantitative estimate of drug-likeness (QED) is 0.590. The topological polar surface area (TPSA) is 44.8 Å². The maximum atomic E-state index is 11.7. The number of carbonyl (C=O) groups excluding carboxylic acids is 1. The van der Waals surface area contributed by atoms with Crippen LogP contribution in [0.1, 0.15) is 36.5 Å². The Morgan fingerprint density at radius 2 is 2.35 bits per heavy atom. The Bertz CT molecular complexity index is 475. The number of carbonyl (C=O) groups is 1. The number of ether oxygens (including phenoxy) is 3. The van der Waals surface area contributed by atoms with Crippen LogP contribution in [0.2, 0.25) is 0 Å². The number of rotatable bonds is 6. The molecule has 4 nitrogen and oxygen atoms in total. The van der Waals surface area contributed by atoms with Gasteiger partial charge < -0.3 is 14.2 Å². The Morgan fingerprint density at radius 3 is 3.00 bits per heavy atom. The summed E-state index contributed by atoms with van der Waals surface area (Å²) < 4.78 is 16.7. The van der Waals surface area contributed by atoms with Gasteiger partial charge in [0.25, 0.3) is 0 Å². The van der Waals surface area contributed by atoms with E-state index in [1.165, 1.54) is 6.92 Å². The Labute approximate surface area is 119 Å². The lowest BCUT2D eigenvalue weighted by atomic mass is 10.1. The molecule has 0 aliphatic carbocycles. The molecule has 0 radical (unpaired) electrons. The van der Waals surface area contributed by atoms with Gasteiger partial charge in [-0.25, -0.2) is 0 Å². The van der Waals surface area contributed by atoms with Gasteiger partial charge in [0.1, 0.15) is 18.1 Å². The smallest absolute Gasteiger partial charge is 0.199 e. The summed E-state index contributed by atoms with van der Waals surface area (Å²) in [7, 11) is 0. The van der Waals surface area contributed by atoms with Crippen molar-refractivity contribution in [3.05, 3.63) is 36.4 Å². The van der Waals surface area contributed by atoms with Gasteiger partial charge in [-0.2, -0.15) is 0 Å². The molecule has 1 aliphatic heterocycles. The van der Waals surface area contributed by atoms with Crippen molar-refractivity contribution in [2.75, 3.05) is 13.2 Å². The van der Waals surface area contributed by atoms with E-state index in [4.69, 9.17) is 14.2 Å². The van der Waals surface area contributed by atoms with Gasteiger partial charge >= 0.3 is 0 Å². The molecule has 1 unspecified atom stereocenters. The predicted molar refractivity (Wildman–Crippen MR) is 76.4 cm³/mol. The van der Waals surface area contributed by atoms with Crippen molar-refractivity contribution >= 4 is 5.78 Å². The fraction of sp³-hybridized carbons (Fsp3) is 0.438. The molecule has 0 amide bonds. The zero-order chi connectivity index (χ0) is 14.4. The molecule has 0 spiro atoms. The van der Waals surface area contributed by atoms with E-state index in [1.807, 2.05) is 0 Å². The van der Waals surface area contributed by atoms with E-state index in [-0.39, 0.29) is 12.1 Å². The van der Waals surface area contributed by atoms with Crippen LogP contribution in [0.25, 0.3) is 0 Å². The summed E-state index contributed by atoms with van der Waals surface area (Å²) in [5.41, 5.74) is 0.514. The van der Waals surface area contributed by atoms with Crippen molar-refractivity contribution in [1.29, 1.82) is 0 Å². The van der Waals surface area contributed by atoms with Gasteiger partial charge in [-0.15, -0.1) is 0 Å². The minimum absolute atomic E-state index is 0.0564. The lowest BCUT2D eigenvalue weighted by Crippen LogP contribution is -2.25. The Morgan fingerprint density at radius 1 is 1.50 bits per heavy atom. The van der Waals surface area contributed by atoms with Crippen molar-refractivity contribution in [3.63, 3.8) is 0 Å². The van der Waals surface area contributed by atoms with Crippen molar-refractivity contribution in [3.8, 4) is 11.5 Å². The van der Waals surface area contributed by atoms with E-state index in [1.54, 1.807) is 24.3 Å². The molecule has 1 aromatic carbocycles. The number of ketones is 1. The highest BCUT2D eigenvalue weighted by atomic mass is 16.7. The van der Waals surface area contributed by atoms with Crippen molar-refractivity contribution in [1.82, 2.24) is 0 Å². The highest BCUT2D eigenvalue weighted by Gasteiger charge is 2.17. The summed E-state index contributed by atoms with van der Waals surface area (Å²) >= 11 is 0. The summed E-state index contributed by atoms with van der Waals surface area (Å²) in [5.74, 6) is 1.13. The molecule has 20 heavy (non-hydrogen) atoms. The van der Waals surface area contributed by atoms with Crippen LogP contribution in [0.3, 0.4) is 0 Å². The molecule has 1 heterocycles. The first-order valence-electron chi connectivity index (χ1n) is 6.87. The summed E-state index contributed by atoms with van der Waals surface area (Å²) in [5, 5.41) is 0. The average molecular weight is 276 g/mol. The lowest BCUT2D eigenvalue weighted by molar-refractivity contribution is -0.105. The van der Waals surface area contributed by atoms with Crippen LogP contribution in [0, 0.1) is 0 Å². The molecule has 0 aromatic heterocycles. The SMILES string of the molecule is C=CCOc1ccc(OC2CCCCO2)cc1C(C)=O. The highest BCUT2D eigenvalue weighted by Crippen LogP contribution is 2.27. The van der Waals surface area contributed by atoms with E-state index in [2.05, 4.69) is 6.58 Å². The molecular formula is C16H20O4. The molecule has 2 rings (SSSR count). The van der Waals surface area contributed by atoms with E-state index in [9.17, 15) is 4.79 Å². The molecular weight excluding hydrogens is 256 g/mol. The Hall–Kier alpha value is -1.81. The summed E-state index contributed by atoms with van der Waals surface area (Å²) in [6.07, 6.45) is 4.48. The number of hydrogen-bond acceptors (Lipinski definition) is 4. The number of hydrogen-bond donors (Lipinski definition) is 0. The normalized spacial score (nSPS) is 18.4. The zero-order valence-corrected chi connectivity index (χ0v) is 11.8. The second-order valence-corrected chi connectivity index (χ2v) is 4.73. The highest BCUT2D eigenvalue weighted by molar-refractivity contribution is 5.97. The van der Waals surface area contributed by atoms with Gasteiger partial charge in [-0.1, -0.05) is 12.7 Å². The van der Waals surface area contributed by atoms with Gasteiger partial charge in [0.05, 0.1) is 12.2 Å². The summed E-state index contributed by atoms with van der Waals surface area (Å²) in [6, 6.07) is 5.25. The van der Waals surface area contributed by atoms with Crippen LogP contribution >= 0.6 is 0 Å². The van der Waals surface area contributed by atoms with Gasteiger partial charge in [0.15, 0.2) is 12.1 Å². The van der Waals surface area contributed by atoms with Crippen LogP contribution < -0.4 is 9.47 Å². The van der Waals surface area contributed by atoms with Crippen LogP contribution in [-0.4, -0.2) is 25.3 Å². The van der Waals surface area contributed by atoms with Gasteiger partial charge in [0.2, 0.25) is 0 Å². The Kier molecular flexibility index (Phi) is 5.18. The van der Waals surface area contributed by atoms with E-state index in [0.717, 1.165) is 25.9 Å². The zero-order valence-electron chi connectivity index (χ0n) is 11.8. The largest absolute Gasteiger partial charge is 0.489 e. The van der Waals surface area contributed by atoms with Crippen LogP contribution in [0.5, 0.6) is 11.5 Å².